The van der Waals surface area contributed by atoms with Crippen molar-refractivity contribution in [2.24, 2.45) is 0 Å². The summed E-state index contributed by atoms with van der Waals surface area (Å²) in [6, 6.07) is 8.50. The van der Waals surface area contributed by atoms with Gasteiger partial charge in [-0.1, -0.05) is 17.7 Å². The molecule has 0 bridgehead atoms. The second kappa shape index (κ2) is 9.01. The van der Waals surface area contributed by atoms with Crippen LogP contribution in [0.3, 0.4) is 0 Å². The van der Waals surface area contributed by atoms with Crippen molar-refractivity contribution in [3.63, 3.8) is 0 Å². The van der Waals surface area contributed by atoms with Crippen LogP contribution in [-0.2, 0) is 6.54 Å². The molecule has 0 radical (unpaired) electrons. The Morgan fingerprint density at radius 1 is 1.14 bits per heavy atom. The average Bonchev–Trinajstić information content (AvgIpc) is 2.73. The highest BCUT2D eigenvalue weighted by Crippen LogP contribution is 2.36. The molecule has 1 aromatic carbocycles. The fraction of sp³-hybridized carbons (Fsp3) is 0.158. The zero-order valence-electron chi connectivity index (χ0n) is 15.3. The van der Waals surface area contributed by atoms with Gasteiger partial charge in [-0.05, 0) is 17.7 Å². The highest BCUT2D eigenvalue weighted by atomic mass is 35.5. The van der Waals surface area contributed by atoms with Crippen LogP contribution in [0.1, 0.15) is 16.1 Å². The van der Waals surface area contributed by atoms with E-state index >= 15 is 0 Å². The Morgan fingerprint density at radius 2 is 1.96 bits per heavy atom. The molecule has 144 valence electrons. The number of nitrogens with zero attached hydrogens (tertiary/aromatic N) is 3. The topological polar surface area (TPSA) is 98.3 Å². The van der Waals surface area contributed by atoms with E-state index in [9.17, 15) is 4.79 Å². The fourth-order valence-electron chi connectivity index (χ4n) is 2.40. The summed E-state index contributed by atoms with van der Waals surface area (Å²) in [5.74, 6) is 0.864. The fourth-order valence-corrected chi connectivity index (χ4v) is 2.63. The Hall–Kier alpha value is -3.39. The van der Waals surface area contributed by atoms with Crippen LogP contribution in [0.2, 0.25) is 5.02 Å². The molecule has 9 heteroatoms. The van der Waals surface area contributed by atoms with E-state index in [2.05, 4.69) is 25.6 Å². The summed E-state index contributed by atoms with van der Waals surface area (Å²) < 4.78 is 10.5. The molecule has 3 rings (SSSR count). The summed E-state index contributed by atoms with van der Waals surface area (Å²) in [6.45, 7) is 0.349. The van der Waals surface area contributed by atoms with Crippen LogP contribution in [0.15, 0.2) is 48.9 Å². The van der Waals surface area contributed by atoms with Gasteiger partial charge in [0.15, 0.2) is 0 Å². The second-order valence-corrected chi connectivity index (χ2v) is 6.03. The van der Waals surface area contributed by atoms with Gasteiger partial charge in [-0.25, -0.2) is 9.97 Å². The molecule has 0 aliphatic carbocycles. The third-order valence-corrected chi connectivity index (χ3v) is 4.08. The van der Waals surface area contributed by atoms with E-state index in [-0.39, 0.29) is 17.5 Å². The van der Waals surface area contributed by atoms with Crippen molar-refractivity contribution >= 4 is 29.1 Å². The number of amides is 1. The molecule has 0 aliphatic rings. The summed E-state index contributed by atoms with van der Waals surface area (Å²) in [7, 11) is 3.04. The van der Waals surface area contributed by atoms with Crippen LogP contribution in [0.25, 0.3) is 0 Å². The maximum atomic E-state index is 12.4. The molecule has 3 aromatic rings. The number of nitrogens with one attached hydrogen (secondary N) is 2. The number of hydrogen-bond acceptors (Lipinski definition) is 7. The summed E-state index contributed by atoms with van der Waals surface area (Å²) >= 11 is 6.11. The number of hydrogen-bond donors (Lipinski definition) is 2. The first-order valence-electron chi connectivity index (χ1n) is 8.29. The van der Waals surface area contributed by atoms with Gasteiger partial charge in [0.25, 0.3) is 5.91 Å². The van der Waals surface area contributed by atoms with Gasteiger partial charge in [0, 0.05) is 37.3 Å². The first-order valence-corrected chi connectivity index (χ1v) is 8.67. The molecule has 2 heterocycles. The predicted molar refractivity (Wildman–Crippen MR) is 105 cm³/mol. The number of carbonyl (C=O) groups excluding carboxylic acids is 1. The van der Waals surface area contributed by atoms with Crippen LogP contribution in [0, 0.1) is 0 Å². The second-order valence-electron chi connectivity index (χ2n) is 5.62. The lowest BCUT2D eigenvalue weighted by Gasteiger charge is -2.13. The van der Waals surface area contributed by atoms with Crippen molar-refractivity contribution < 1.29 is 14.3 Å². The number of halogens is 1. The molecule has 0 saturated carbocycles. The summed E-state index contributed by atoms with van der Waals surface area (Å²) in [5.41, 5.74) is 1.67. The largest absolute Gasteiger partial charge is 0.495 e. The number of pyridine rings is 1. The lowest BCUT2D eigenvalue weighted by molar-refractivity contribution is 0.0946. The lowest BCUT2D eigenvalue weighted by atomic mass is 10.2. The quantitative estimate of drug-likeness (QED) is 0.629. The minimum atomic E-state index is -0.324. The highest BCUT2D eigenvalue weighted by Gasteiger charge is 2.13. The zero-order valence-corrected chi connectivity index (χ0v) is 16.0. The molecule has 0 spiro atoms. The van der Waals surface area contributed by atoms with E-state index in [1.165, 1.54) is 26.5 Å². The van der Waals surface area contributed by atoms with E-state index in [1.54, 1.807) is 24.5 Å². The Balaban J connectivity index is 1.75. The molecule has 0 fully saturated rings. The summed E-state index contributed by atoms with van der Waals surface area (Å²) in [5, 5.41) is 6.23. The van der Waals surface area contributed by atoms with E-state index < -0.39 is 0 Å². The van der Waals surface area contributed by atoms with Gasteiger partial charge in [0.05, 0.1) is 24.9 Å². The molecule has 28 heavy (non-hydrogen) atoms. The molecule has 2 aromatic heterocycles. The molecular weight excluding hydrogens is 382 g/mol. The number of aromatic nitrogens is 3. The van der Waals surface area contributed by atoms with E-state index in [0.29, 0.717) is 28.8 Å². The van der Waals surface area contributed by atoms with Gasteiger partial charge in [-0.3, -0.25) is 9.78 Å². The SMILES string of the molecule is COc1cc(Nc2nccc(C(=O)NCc3cccnc3)n2)c(OC)cc1Cl. The number of methoxy groups -OCH3 is 2. The molecule has 0 unspecified atom stereocenters. The van der Waals surface area contributed by atoms with Gasteiger partial charge in [0.2, 0.25) is 5.95 Å². The summed E-state index contributed by atoms with van der Waals surface area (Å²) in [6.07, 6.45) is 4.86. The minimum absolute atomic E-state index is 0.223. The first kappa shape index (κ1) is 19.4. The van der Waals surface area contributed by atoms with Crippen molar-refractivity contribution in [3.8, 4) is 11.5 Å². The van der Waals surface area contributed by atoms with Crippen molar-refractivity contribution in [1.29, 1.82) is 0 Å². The third kappa shape index (κ3) is 4.66. The standard InChI is InChI=1S/C19H18ClN5O3/c1-27-16-9-15(17(28-2)8-13(16)20)25-19-22-7-5-14(24-19)18(26)23-11-12-4-3-6-21-10-12/h3-10H,11H2,1-2H3,(H,23,26)(H,22,24,25). The molecule has 0 atom stereocenters. The van der Waals surface area contributed by atoms with Crippen molar-refractivity contribution in [1.82, 2.24) is 20.3 Å². The Kier molecular flexibility index (Phi) is 6.23. The maximum Gasteiger partial charge on any atom is 0.270 e. The number of carbonyl (C=O) groups is 1. The smallest absolute Gasteiger partial charge is 0.270 e. The van der Waals surface area contributed by atoms with Crippen LogP contribution < -0.4 is 20.1 Å². The van der Waals surface area contributed by atoms with Crippen LogP contribution in [-0.4, -0.2) is 35.1 Å². The molecule has 0 aliphatic heterocycles. The number of rotatable bonds is 7. The van der Waals surface area contributed by atoms with Crippen molar-refractivity contribution in [3.05, 3.63) is 65.2 Å². The first-order chi connectivity index (χ1) is 13.6. The number of anilines is 2. The monoisotopic (exact) mass is 399 g/mol. The van der Waals surface area contributed by atoms with Gasteiger partial charge in [0.1, 0.15) is 17.2 Å². The van der Waals surface area contributed by atoms with E-state index in [4.69, 9.17) is 21.1 Å². The molecular formula is C19H18ClN5O3. The number of ether oxygens (including phenoxy) is 2. The van der Waals surface area contributed by atoms with Crippen molar-refractivity contribution in [2.75, 3.05) is 19.5 Å². The molecule has 2 N–H and O–H groups in total. The average molecular weight is 400 g/mol. The van der Waals surface area contributed by atoms with E-state index in [1.807, 2.05) is 12.1 Å². The van der Waals surface area contributed by atoms with Crippen LogP contribution in [0.4, 0.5) is 11.6 Å². The zero-order chi connectivity index (χ0) is 19.9. The lowest BCUT2D eigenvalue weighted by Crippen LogP contribution is -2.24. The van der Waals surface area contributed by atoms with Gasteiger partial charge >= 0.3 is 0 Å². The Bertz CT molecular complexity index is 969. The summed E-state index contributed by atoms with van der Waals surface area (Å²) in [4.78, 5) is 24.8. The predicted octanol–water partition coefficient (Wildman–Crippen LogP) is 3.22. The van der Waals surface area contributed by atoms with Gasteiger partial charge < -0.3 is 20.1 Å². The Labute approximate surface area is 166 Å². The molecule has 0 saturated heterocycles. The molecule has 1 amide bonds. The van der Waals surface area contributed by atoms with Crippen molar-refractivity contribution in [2.45, 2.75) is 6.54 Å². The van der Waals surface area contributed by atoms with Gasteiger partial charge in [-0.2, -0.15) is 0 Å². The highest BCUT2D eigenvalue weighted by molar-refractivity contribution is 6.32. The maximum absolute atomic E-state index is 12.4. The van der Waals surface area contributed by atoms with Crippen LogP contribution in [0.5, 0.6) is 11.5 Å². The third-order valence-electron chi connectivity index (χ3n) is 3.78. The van der Waals surface area contributed by atoms with E-state index in [0.717, 1.165) is 5.56 Å². The molecule has 8 nitrogen and oxygen atoms in total. The Morgan fingerprint density at radius 3 is 2.68 bits per heavy atom. The minimum Gasteiger partial charge on any atom is -0.495 e. The number of benzene rings is 1. The normalized spacial score (nSPS) is 10.2. The van der Waals surface area contributed by atoms with Crippen LogP contribution >= 0.6 is 11.6 Å². The van der Waals surface area contributed by atoms with Gasteiger partial charge in [-0.15, -0.1) is 0 Å².